The molecule has 1 amide bonds. The van der Waals surface area contributed by atoms with Crippen LogP contribution in [0.2, 0.25) is 0 Å². The van der Waals surface area contributed by atoms with E-state index in [1.165, 1.54) is 128 Å². The SMILES string of the molecule is CCCC/C=C/CC/C=C/C(O)C(COC1OC(CO)C(O)C(O)C1O)NC(=O)CCCCCCCCCCCCCCCCCC/C=C\C/C=C\C/C=C\CCCCCCC. The van der Waals surface area contributed by atoms with Gasteiger partial charge in [0.05, 0.1) is 25.4 Å². The molecule has 6 N–H and O–H groups in total. The van der Waals surface area contributed by atoms with E-state index in [2.05, 4.69) is 67.8 Å². The summed E-state index contributed by atoms with van der Waals surface area (Å²) in [6, 6.07) is -0.820. The van der Waals surface area contributed by atoms with Gasteiger partial charge in [-0.15, -0.1) is 0 Å². The second kappa shape index (κ2) is 42.8. The van der Waals surface area contributed by atoms with Crippen LogP contribution >= 0.6 is 0 Å². The Labute approximate surface area is 379 Å². The number of ether oxygens (including phenoxy) is 2. The average molecular weight is 874 g/mol. The Morgan fingerprint density at radius 1 is 0.548 bits per heavy atom. The predicted octanol–water partition coefficient (Wildman–Crippen LogP) is 11.6. The van der Waals surface area contributed by atoms with Crippen molar-refractivity contribution in [3.05, 3.63) is 60.8 Å². The van der Waals surface area contributed by atoms with Crippen molar-refractivity contribution in [3.8, 4) is 0 Å². The Morgan fingerprint density at radius 3 is 1.52 bits per heavy atom. The Balaban J connectivity index is 2.11. The van der Waals surface area contributed by atoms with Crippen LogP contribution in [0.15, 0.2) is 60.8 Å². The van der Waals surface area contributed by atoms with Crippen LogP contribution < -0.4 is 5.32 Å². The molecule has 0 saturated carbocycles. The topological polar surface area (TPSA) is 149 Å². The third-order valence-electron chi connectivity index (χ3n) is 11.8. The van der Waals surface area contributed by atoms with E-state index < -0.39 is 49.5 Å². The molecule has 0 radical (unpaired) electrons. The first-order valence-electron chi connectivity index (χ1n) is 25.5. The van der Waals surface area contributed by atoms with Crippen LogP contribution in [0.3, 0.4) is 0 Å². The van der Waals surface area contributed by atoms with E-state index in [9.17, 15) is 30.3 Å². The molecule has 1 rings (SSSR count). The zero-order valence-corrected chi connectivity index (χ0v) is 39.6. The lowest BCUT2D eigenvalue weighted by molar-refractivity contribution is -0.302. The number of carbonyl (C=O) groups excluding carboxylic acids is 1. The predicted molar refractivity (Wildman–Crippen MR) is 258 cm³/mol. The number of carbonyl (C=O) groups is 1. The van der Waals surface area contributed by atoms with Crippen molar-refractivity contribution in [3.63, 3.8) is 0 Å². The average Bonchev–Trinajstić information content (AvgIpc) is 3.27. The van der Waals surface area contributed by atoms with E-state index in [4.69, 9.17) is 9.47 Å². The minimum Gasteiger partial charge on any atom is -0.394 e. The maximum absolute atomic E-state index is 12.9. The molecule has 1 heterocycles. The minimum atomic E-state index is -1.57. The maximum atomic E-state index is 12.9. The number of hydrogen-bond donors (Lipinski definition) is 6. The Bertz CT molecular complexity index is 1150. The van der Waals surface area contributed by atoms with E-state index >= 15 is 0 Å². The first kappa shape index (κ1) is 57.9. The third kappa shape index (κ3) is 32.5. The zero-order chi connectivity index (χ0) is 45.1. The standard InChI is InChI=1S/C53H95NO8/c1-3-5-7-9-11-13-14-15-16-17-18-19-20-21-22-23-24-25-26-27-28-29-30-31-32-33-34-35-37-39-41-43-49(57)54-46(47(56)42-40-38-36-12-10-8-6-4-2)45-61-53-52(60)51(59)50(58)48(44-55)62-53/h10,12,14-15,17-18,20-21,40,42,46-48,50-53,55-56,58-60H,3-9,11,13,16,19,22-39,41,43-45H2,1-2H3,(H,54,57)/b12-10+,15-14-,18-17-,21-20-,42-40+. The molecule has 1 aliphatic heterocycles. The Kier molecular flexibility index (Phi) is 40.0. The summed E-state index contributed by atoms with van der Waals surface area (Å²) < 4.78 is 11.2. The summed E-state index contributed by atoms with van der Waals surface area (Å²) in [5, 5.41) is 54.0. The van der Waals surface area contributed by atoms with Crippen molar-refractivity contribution in [2.75, 3.05) is 13.2 Å². The lowest BCUT2D eigenvalue weighted by Crippen LogP contribution is -2.60. The van der Waals surface area contributed by atoms with Gasteiger partial charge in [0, 0.05) is 6.42 Å². The van der Waals surface area contributed by atoms with Gasteiger partial charge in [0.1, 0.15) is 24.4 Å². The number of amides is 1. The van der Waals surface area contributed by atoms with E-state index in [0.29, 0.717) is 6.42 Å². The van der Waals surface area contributed by atoms with Gasteiger partial charge in [-0.3, -0.25) is 4.79 Å². The number of unbranched alkanes of at least 4 members (excludes halogenated alkanes) is 24. The molecular formula is C53H95NO8. The lowest BCUT2D eigenvalue weighted by Gasteiger charge is -2.40. The molecule has 0 aromatic rings. The van der Waals surface area contributed by atoms with Crippen LogP contribution in [0.4, 0.5) is 0 Å². The number of allylic oxidation sites excluding steroid dienone is 9. The van der Waals surface area contributed by atoms with E-state index in [1.807, 2.05) is 6.08 Å². The van der Waals surface area contributed by atoms with Crippen LogP contribution in [0.5, 0.6) is 0 Å². The molecule has 62 heavy (non-hydrogen) atoms. The van der Waals surface area contributed by atoms with Gasteiger partial charge in [-0.25, -0.2) is 0 Å². The Morgan fingerprint density at radius 2 is 0.984 bits per heavy atom. The summed E-state index contributed by atoms with van der Waals surface area (Å²) >= 11 is 0. The van der Waals surface area contributed by atoms with Gasteiger partial charge in [-0.1, -0.05) is 203 Å². The molecule has 360 valence electrons. The smallest absolute Gasteiger partial charge is 0.220 e. The molecule has 7 atom stereocenters. The second-order valence-electron chi connectivity index (χ2n) is 17.6. The monoisotopic (exact) mass is 874 g/mol. The van der Waals surface area contributed by atoms with Crippen molar-refractivity contribution < 1.29 is 39.8 Å². The van der Waals surface area contributed by atoms with Crippen LogP contribution in [-0.4, -0.2) is 87.5 Å². The summed E-state index contributed by atoms with van der Waals surface area (Å²) in [5.74, 6) is -0.192. The quantitative estimate of drug-likeness (QED) is 0.0262. The molecule has 9 heteroatoms. The number of aliphatic hydroxyl groups is 5. The fourth-order valence-electron chi connectivity index (χ4n) is 7.69. The molecule has 1 fully saturated rings. The summed E-state index contributed by atoms with van der Waals surface area (Å²) in [7, 11) is 0. The minimum absolute atomic E-state index is 0.192. The fourth-order valence-corrected chi connectivity index (χ4v) is 7.69. The van der Waals surface area contributed by atoms with Crippen molar-refractivity contribution in [1.82, 2.24) is 5.32 Å². The number of aliphatic hydroxyl groups excluding tert-OH is 5. The van der Waals surface area contributed by atoms with E-state index in [1.54, 1.807) is 6.08 Å². The van der Waals surface area contributed by atoms with Gasteiger partial charge >= 0.3 is 0 Å². The highest BCUT2D eigenvalue weighted by atomic mass is 16.7. The van der Waals surface area contributed by atoms with Gasteiger partial charge < -0.3 is 40.3 Å². The maximum Gasteiger partial charge on any atom is 0.220 e. The van der Waals surface area contributed by atoms with E-state index in [0.717, 1.165) is 64.2 Å². The van der Waals surface area contributed by atoms with E-state index in [-0.39, 0.29) is 12.5 Å². The van der Waals surface area contributed by atoms with Gasteiger partial charge in [-0.2, -0.15) is 0 Å². The summed E-state index contributed by atoms with van der Waals surface area (Å²) in [6.45, 7) is 3.66. The highest BCUT2D eigenvalue weighted by Gasteiger charge is 2.44. The van der Waals surface area contributed by atoms with Crippen molar-refractivity contribution in [2.45, 2.75) is 256 Å². The fraction of sp³-hybridized carbons (Fsp3) is 0.792. The largest absolute Gasteiger partial charge is 0.394 e. The molecule has 0 aromatic heterocycles. The highest BCUT2D eigenvalue weighted by molar-refractivity contribution is 5.76. The van der Waals surface area contributed by atoms with Crippen molar-refractivity contribution in [2.24, 2.45) is 0 Å². The van der Waals surface area contributed by atoms with Gasteiger partial charge in [0.2, 0.25) is 5.91 Å². The van der Waals surface area contributed by atoms with Gasteiger partial charge in [0.25, 0.3) is 0 Å². The zero-order valence-electron chi connectivity index (χ0n) is 39.6. The molecule has 0 aliphatic carbocycles. The Hall–Kier alpha value is -2.11. The van der Waals surface area contributed by atoms with Crippen LogP contribution in [0.1, 0.15) is 213 Å². The molecule has 1 aliphatic rings. The molecule has 0 bridgehead atoms. The van der Waals surface area contributed by atoms with Gasteiger partial charge in [-0.05, 0) is 64.2 Å². The first-order chi connectivity index (χ1) is 30.3. The van der Waals surface area contributed by atoms with Crippen LogP contribution in [0.25, 0.3) is 0 Å². The lowest BCUT2D eigenvalue weighted by atomic mass is 9.99. The van der Waals surface area contributed by atoms with Gasteiger partial charge in [0.15, 0.2) is 6.29 Å². The summed E-state index contributed by atoms with van der Waals surface area (Å²) in [5.41, 5.74) is 0. The molecule has 1 saturated heterocycles. The summed E-state index contributed by atoms with van der Waals surface area (Å²) in [6.07, 6.45) is 50.3. The molecule has 0 aromatic carbocycles. The number of rotatable bonds is 42. The van der Waals surface area contributed by atoms with Crippen LogP contribution in [-0.2, 0) is 14.3 Å². The first-order valence-corrected chi connectivity index (χ1v) is 25.5. The third-order valence-corrected chi connectivity index (χ3v) is 11.8. The van der Waals surface area contributed by atoms with Crippen molar-refractivity contribution >= 4 is 5.91 Å². The number of hydrogen-bond acceptors (Lipinski definition) is 8. The van der Waals surface area contributed by atoms with Crippen LogP contribution in [0, 0.1) is 0 Å². The second-order valence-corrected chi connectivity index (χ2v) is 17.6. The number of nitrogens with one attached hydrogen (secondary N) is 1. The summed E-state index contributed by atoms with van der Waals surface area (Å²) in [4.78, 5) is 12.9. The molecule has 9 nitrogen and oxygen atoms in total. The normalized spacial score (nSPS) is 20.8. The molecule has 7 unspecified atom stereocenters. The molecular weight excluding hydrogens is 779 g/mol. The molecule has 0 spiro atoms. The highest BCUT2D eigenvalue weighted by Crippen LogP contribution is 2.23. The van der Waals surface area contributed by atoms with Crippen molar-refractivity contribution in [1.29, 1.82) is 0 Å².